The van der Waals surface area contributed by atoms with E-state index in [0.29, 0.717) is 12.4 Å². The summed E-state index contributed by atoms with van der Waals surface area (Å²) in [4.78, 5) is 8.69. The lowest BCUT2D eigenvalue weighted by Gasteiger charge is -2.20. The fourth-order valence-electron chi connectivity index (χ4n) is 3.23. The van der Waals surface area contributed by atoms with Gasteiger partial charge in [0.2, 0.25) is 5.89 Å². The Balaban J connectivity index is 0.00000261. The number of aryl methyl sites for hydroxylation is 1. The molecule has 0 unspecified atom stereocenters. The van der Waals surface area contributed by atoms with E-state index in [1.807, 2.05) is 6.20 Å². The number of guanidine groups is 1. The summed E-state index contributed by atoms with van der Waals surface area (Å²) < 4.78 is 5.83. The zero-order valence-electron chi connectivity index (χ0n) is 16.9. The second-order valence-electron chi connectivity index (χ2n) is 8.24. The number of hydrogen-bond acceptors (Lipinski definition) is 3. The molecule has 1 aromatic heterocycles. The Bertz CT molecular complexity index is 787. The number of benzene rings is 1. The molecule has 1 heterocycles. The minimum Gasteiger partial charge on any atom is -0.443 e. The molecule has 1 aliphatic carbocycles. The van der Waals surface area contributed by atoms with Crippen LogP contribution in [0.1, 0.15) is 56.4 Å². The van der Waals surface area contributed by atoms with E-state index in [4.69, 9.17) is 4.42 Å². The van der Waals surface area contributed by atoms with Crippen LogP contribution in [0.3, 0.4) is 0 Å². The molecule has 0 amide bonds. The molecular formula is C21H31IN4O. The molecule has 148 valence electrons. The Morgan fingerprint density at radius 3 is 2.48 bits per heavy atom. The van der Waals surface area contributed by atoms with Gasteiger partial charge in [0.1, 0.15) is 5.76 Å². The van der Waals surface area contributed by atoms with Crippen molar-refractivity contribution in [3.05, 3.63) is 53.2 Å². The maximum atomic E-state index is 5.83. The molecule has 0 bridgehead atoms. The summed E-state index contributed by atoms with van der Waals surface area (Å²) in [6, 6.07) is 8.68. The molecule has 1 saturated carbocycles. The second kappa shape index (κ2) is 8.63. The summed E-state index contributed by atoms with van der Waals surface area (Å²) in [7, 11) is 1.79. The molecular weight excluding hydrogens is 451 g/mol. The summed E-state index contributed by atoms with van der Waals surface area (Å²) >= 11 is 0. The van der Waals surface area contributed by atoms with Gasteiger partial charge in [0.05, 0.1) is 12.7 Å². The van der Waals surface area contributed by atoms with Crippen molar-refractivity contribution in [1.29, 1.82) is 0 Å². The fourth-order valence-corrected chi connectivity index (χ4v) is 3.23. The number of rotatable bonds is 5. The first-order valence-corrected chi connectivity index (χ1v) is 9.30. The van der Waals surface area contributed by atoms with Crippen molar-refractivity contribution in [3.8, 4) is 0 Å². The van der Waals surface area contributed by atoms with Crippen LogP contribution < -0.4 is 10.6 Å². The van der Waals surface area contributed by atoms with Crippen LogP contribution in [0, 0.1) is 6.92 Å². The predicted octanol–water partition coefficient (Wildman–Crippen LogP) is 4.30. The molecule has 1 aliphatic rings. The minimum absolute atomic E-state index is 0. The highest BCUT2D eigenvalue weighted by molar-refractivity contribution is 14.0. The van der Waals surface area contributed by atoms with E-state index < -0.39 is 0 Å². The highest BCUT2D eigenvalue weighted by Gasteiger charge is 2.44. The van der Waals surface area contributed by atoms with E-state index in [2.05, 4.69) is 72.6 Å². The molecule has 5 nitrogen and oxygen atoms in total. The van der Waals surface area contributed by atoms with Gasteiger partial charge in [-0.05, 0) is 30.9 Å². The molecule has 3 rings (SSSR count). The third kappa shape index (κ3) is 5.24. The lowest BCUT2D eigenvalue weighted by Crippen LogP contribution is -2.41. The summed E-state index contributed by atoms with van der Waals surface area (Å²) in [5.74, 6) is 2.35. The van der Waals surface area contributed by atoms with Crippen LogP contribution in [0.2, 0.25) is 0 Å². The first-order chi connectivity index (χ1) is 12.3. The third-order valence-corrected chi connectivity index (χ3v) is 5.09. The lowest BCUT2D eigenvalue weighted by atomic mass is 9.92. The van der Waals surface area contributed by atoms with Crippen LogP contribution in [0.15, 0.2) is 39.9 Å². The Kier molecular flexibility index (Phi) is 6.94. The zero-order chi connectivity index (χ0) is 18.8. The van der Waals surface area contributed by atoms with Gasteiger partial charge in [-0.2, -0.15) is 0 Å². The standard InChI is InChI=1S/C21H30N4O.HI/c1-15-8-6-7-9-16(15)21(10-11-21)14-25-19(22-5)24-13-18-23-12-17(26-18)20(2,3)4;/h6-9,12H,10-11,13-14H2,1-5H3,(H2,22,24,25);1H. The van der Waals surface area contributed by atoms with Gasteiger partial charge < -0.3 is 15.1 Å². The SMILES string of the molecule is CN=C(NCc1ncc(C(C)(C)C)o1)NCC1(c2ccccc2C)CC1.I. The van der Waals surface area contributed by atoms with Gasteiger partial charge in [-0.25, -0.2) is 4.98 Å². The van der Waals surface area contributed by atoms with Crippen LogP contribution in [0.5, 0.6) is 0 Å². The number of nitrogens with one attached hydrogen (secondary N) is 2. The van der Waals surface area contributed by atoms with Crippen molar-refractivity contribution >= 4 is 29.9 Å². The van der Waals surface area contributed by atoms with Gasteiger partial charge in [0, 0.05) is 24.4 Å². The smallest absolute Gasteiger partial charge is 0.213 e. The average Bonchev–Trinajstić information content (AvgIpc) is 3.22. The van der Waals surface area contributed by atoms with E-state index in [-0.39, 0.29) is 34.8 Å². The highest BCUT2D eigenvalue weighted by atomic mass is 127. The molecule has 0 atom stereocenters. The first-order valence-electron chi connectivity index (χ1n) is 9.30. The van der Waals surface area contributed by atoms with Gasteiger partial charge in [0.15, 0.2) is 5.96 Å². The number of halogens is 1. The maximum absolute atomic E-state index is 5.83. The van der Waals surface area contributed by atoms with Gasteiger partial charge in [-0.1, -0.05) is 45.0 Å². The molecule has 6 heteroatoms. The molecule has 0 saturated heterocycles. The first kappa shape index (κ1) is 21.7. The Morgan fingerprint density at radius 1 is 1.22 bits per heavy atom. The van der Waals surface area contributed by atoms with Crippen molar-refractivity contribution in [1.82, 2.24) is 15.6 Å². The highest BCUT2D eigenvalue weighted by Crippen LogP contribution is 2.48. The van der Waals surface area contributed by atoms with Crippen molar-refractivity contribution in [2.24, 2.45) is 4.99 Å². The number of hydrogen-bond donors (Lipinski definition) is 2. The van der Waals surface area contributed by atoms with Crippen LogP contribution >= 0.6 is 24.0 Å². The van der Waals surface area contributed by atoms with E-state index in [9.17, 15) is 0 Å². The molecule has 0 aliphatic heterocycles. The monoisotopic (exact) mass is 482 g/mol. The van der Waals surface area contributed by atoms with E-state index in [1.165, 1.54) is 24.0 Å². The summed E-state index contributed by atoms with van der Waals surface area (Å²) in [6.45, 7) is 9.95. The van der Waals surface area contributed by atoms with Gasteiger partial charge in [-0.3, -0.25) is 4.99 Å². The van der Waals surface area contributed by atoms with Crippen molar-refractivity contribution in [3.63, 3.8) is 0 Å². The topological polar surface area (TPSA) is 62.5 Å². The Hall–Kier alpha value is -1.57. The van der Waals surface area contributed by atoms with E-state index in [1.54, 1.807) is 7.05 Å². The molecule has 0 radical (unpaired) electrons. The van der Waals surface area contributed by atoms with Gasteiger partial charge in [0.25, 0.3) is 0 Å². The summed E-state index contributed by atoms with van der Waals surface area (Å²) in [5, 5.41) is 6.77. The van der Waals surface area contributed by atoms with Crippen LogP contribution in [-0.4, -0.2) is 24.5 Å². The molecule has 2 aromatic rings. The van der Waals surface area contributed by atoms with Gasteiger partial charge in [-0.15, -0.1) is 24.0 Å². The molecule has 27 heavy (non-hydrogen) atoms. The van der Waals surface area contributed by atoms with E-state index in [0.717, 1.165) is 18.3 Å². The number of nitrogens with zero attached hydrogens (tertiary/aromatic N) is 2. The lowest BCUT2D eigenvalue weighted by molar-refractivity contribution is 0.379. The normalized spacial score (nSPS) is 15.8. The number of aromatic nitrogens is 1. The molecule has 2 N–H and O–H groups in total. The third-order valence-electron chi connectivity index (χ3n) is 5.09. The Labute approximate surface area is 179 Å². The molecule has 0 spiro atoms. The number of aliphatic imine (C=N–C) groups is 1. The van der Waals surface area contributed by atoms with E-state index >= 15 is 0 Å². The maximum Gasteiger partial charge on any atom is 0.213 e. The van der Waals surface area contributed by atoms with Crippen LogP contribution in [-0.2, 0) is 17.4 Å². The molecule has 1 fully saturated rings. The van der Waals surface area contributed by atoms with Crippen molar-refractivity contribution in [2.45, 2.75) is 57.9 Å². The summed E-state index contributed by atoms with van der Waals surface area (Å²) in [5.41, 5.74) is 3.03. The fraction of sp³-hybridized carbons (Fsp3) is 0.524. The van der Waals surface area contributed by atoms with Crippen LogP contribution in [0.25, 0.3) is 0 Å². The minimum atomic E-state index is -0.0307. The number of oxazole rings is 1. The van der Waals surface area contributed by atoms with Crippen molar-refractivity contribution < 1.29 is 4.42 Å². The Morgan fingerprint density at radius 2 is 1.93 bits per heavy atom. The van der Waals surface area contributed by atoms with Crippen molar-refractivity contribution in [2.75, 3.05) is 13.6 Å². The van der Waals surface area contributed by atoms with Gasteiger partial charge >= 0.3 is 0 Å². The average molecular weight is 482 g/mol. The second-order valence-corrected chi connectivity index (χ2v) is 8.24. The quantitative estimate of drug-likeness (QED) is 0.379. The molecule has 1 aromatic carbocycles. The predicted molar refractivity (Wildman–Crippen MR) is 121 cm³/mol. The zero-order valence-corrected chi connectivity index (χ0v) is 19.3. The summed E-state index contributed by atoms with van der Waals surface area (Å²) in [6.07, 6.45) is 4.25. The van der Waals surface area contributed by atoms with Crippen LogP contribution in [0.4, 0.5) is 0 Å². The largest absolute Gasteiger partial charge is 0.443 e.